The fourth-order valence-electron chi connectivity index (χ4n) is 3.65. The van der Waals surface area contributed by atoms with Crippen LogP contribution in [0.4, 0.5) is 5.69 Å². The van der Waals surface area contributed by atoms with Gasteiger partial charge >= 0.3 is 0 Å². The van der Waals surface area contributed by atoms with E-state index >= 15 is 0 Å². The third kappa shape index (κ3) is 5.29. The number of carbonyl (C=O) groups excluding carboxylic acids is 2. The molecule has 3 aromatic rings. The molecule has 1 heterocycles. The SMILES string of the molecule is Cc1ccc(C=C2Sc3ccccc3N(CC(=O)NCCc3cccc(C)c3)C2=O)cc1. The molecule has 0 saturated carbocycles. The number of hydrogen-bond donors (Lipinski definition) is 1. The molecule has 1 aliphatic heterocycles. The maximum atomic E-state index is 13.3. The second kappa shape index (κ2) is 9.88. The van der Waals surface area contributed by atoms with Gasteiger partial charge in [-0.1, -0.05) is 83.6 Å². The lowest BCUT2D eigenvalue weighted by atomic mass is 10.1. The minimum atomic E-state index is -0.164. The van der Waals surface area contributed by atoms with Crippen molar-refractivity contribution in [1.29, 1.82) is 0 Å². The van der Waals surface area contributed by atoms with E-state index in [4.69, 9.17) is 0 Å². The first-order valence-electron chi connectivity index (χ1n) is 10.7. The Hall–Kier alpha value is -3.31. The predicted octanol–water partition coefficient (Wildman–Crippen LogP) is 5.14. The molecule has 4 nitrogen and oxygen atoms in total. The molecule has 1 aliphatic rings. The molecule has 0 aliphatic carbocycles. The van der Waals surface area contributed by atoms with Gasteiger partial charge in [-0.25, -0.2) is 0 Å². The average Bonchev–Trinajstić information content (AvgIpc) is 2.78. The molecule has 0 fully saturated rings. The van der Waals surface area contributed by atoms with Gasteiger partial charge in [0.15, 0.2) is 0 Å². The van der Waals surface area contributed by atoms with Gasteiger partial charge in [0, 0.05) is 11.4 Å². The molecule has 3 aromatic carbocycles. The number of para-hydroxylation sites is 1. The molecule has 0 atom stereocenters. The fourth-order valence-corrected chi connectivity index (χ4v) is 4.71. The molecule has 0 spiro atoms. The van der Waals surface area contributed by atoms with Gasteiger partial charge in [0.1, 0.15) is 6.54 Å². The maximum absolute atomic E-state index is 13.3. The van der Waals surface area contributed by atoms with Crippen LogP contribution in [0.3, 0.4) is 0 Å². The molecule has 0 saturated heterocycles. The van der Waals surface area contributed by atoms with Crippen molar-refractivity contribution >= 4 is 35.3 Å². The Labute approximate surface area is 193 Å². The minimum absolute atomic E-state index is 0.00450. The van der Waals surface area contributed by atoms with E-state index in [2.05, 4.69) is 30.4 Å². The number of nitrogens with zero attached hydrogens (tertiary/aromatic N) is 1. The summed E-state index contributed by atoms with van der Waals surface area (Å²) in [6.45, 7) is 4.62. The van der Waals surface area contributed by atoms with E-state index in [1.54, 1.807) is 4.90 Å². The summed E-state index contributed by atoms with van der Waals surface area (Å²) in [5.74, 6) is -0.314. The zero-order valence-electron chi connectivity index (χ0n) is 18.3. The van der Waals surface area contributed by atoms with Crippen molar-refractivity contribution < 1.29 is 9.59 Å². The number of carbonyl (C=O) groups is 2. The third-order valence-corrected chi connectivity index (χ3v) is 6.40. The second-order valence-electron chi connectivity index (χ2n) is 7.97. The van der Waals surface area contributed by atoms with Crippen LogP contribution in [0.2, 0.25) is 0 Å². The zero-order valence-corrected chi connectivity index (χ0v) is 19.1. The summed E-state index contributed by atoms with van der Waals surface area (Å²) in [6, 6.07) is 24.0. The smallest absolute Gasteiger partial charge is 0.265 e. The number of nitrogens with one attached hydrogen (secondary N) is 1. The molecule has 1 N–H and O–H groups in total. The highest BCUT2D eigenvalue weighted by atomic mass is 32.2. The normalized spacial score (nSPS) is 14.4. The van der Waals surface area contributed by atoms with Gasteiger partial charge < -0.3 is 5.32 Å². The molecule has 0 radical (unpaired) electrons. The molecule has 5 heteroatoms. The molecule has 0 bridgehead atoms. The summed E-state index contributed by atoms with van der Waals surface area (Å²) in [4.78, 5) is 29.1. The van der Waals surface area contributed by atoms with Crippen LogP contribution in [-0.2, 0) is 16.0 Å². The van der Waals surface area contributed by atoms with Crippen molar-refractivity contribution in [2.45, 2.75) is 25.2 Å². The van der Waals surface area contributed by atoms with E-state index in [1.165, 1.54) is 28.5 Å². The van der Waals surface area contributed by atoms with E-state index in [-0.39, 0.29) is 18.4 Å². The van der Waals surface area contributed by atoms with Gasteiger partial charge in [-0.3, -0.25) is 14.5 Å². The lowest BCUT2D eigenvalue weighted by Crippen LogP contribution is -2.43. The van der Waals surface area contributed by atoms with Crippen LogP contribution in [-0.4, -0.2) is 24.9 Å². The molecule has 32 heavy (non-hydrogen) atoms. The molecular formula is C27H26N2O2S. The third-order valence-electron chi connectivity index (χ3n) is 5.33. The summed E-state index contributed by atoms with van der Waals surface area (Å²) in [5, 5.41) is 2.96. The summed E-state index contributed by atoms with van der Waals surface area (Å²) >= 11 is 1.45. The van der Waals surface area contributed by atoms with Crippen molar-refractivity contribution in [3.63, 3.8) is 0 Å². The highest BCUT2D eigenvalue weighted by Crippen LogP contribution is 2.41. The van der Waals surface area contributed by atoms with E-state index in [1.807, 2.05) is 67.6 Å². The maximum Gasteiger partial charge on any atom is 0.265 e. The number of rotatable bonds is 6. The van der Waals surface area contributed by atoms with E-state index in [9.17, 15) is 9.59 Å². The predicted molar refractivity (Wildman–Crippen MR) is 132 cm³/mol. The summed E-state index contributed by atoms with van der Waals surface area (Å²) in [6.07, 6.45) is 2.65. The van der Waals surface area contributed by atoms with Crippen molar-refractivity contribution in [1.82, 2.24) is 5.32 Å². The number of anilines is 1. The number of aryl methyl sites for hydroxylation is 2. The summed E-state index contributed by atoms with van der Waals surface area (Å²) in [7, 11) is 0. The first-order valence-corrected chi connectivity index (χ1v) is 11.5. The standard InChI is InChI=1S/C27H26N2O2S/c1-19-10-12-22(13-11-19)17-25-27(31)29(23-8-3-4-9-24(23)32-25)18-26(30)28-15-14-21-7-5-6-20(2)16-21/h3-13,16-17H,14-15,18H2,1-2H3,(H,28,30). The van der Waals surface area contributed by atoms with E-state index < -0.39 is 0 Å². The van der Waals surface area contributed by atoms with E-state index in [0.29, 0.717) is 11.4 Å². The Morgan fingerprint density at radius 3 is 2.53 bits per heavy atom. The van der Waals surface area contributed by atoms with Crippen LogP contribution in [0.25, 0.3) is 6.08 Å². The van der Waals surface area contributed by atoms with Gasteiger partial charge in [-0.2, -0.15) is 0 Å². The number of benzene rings is 3. The monoisotopic (exact) mass is 442 g/mol. The Morgan fingerprint density at radius 2 is 1.75 bits per heavy atom. The van der Waals surface area contributed by atoms with Gasteiger partial charge in [0.25, 0.3) is 5.91 Å². The van der Waals surface area contributed by atoms with Crippen LogP contribution in [0, 0.1) is 13.8 Å². The zero-order chi connectivity index (χ0) is 22.5. The van der Waals surface area contributed by atoms with Crippen molar-refractivity contribution in [3.05, 3.63) is 100.0 Å². The average molecular weight is 443 g/mol. The minimum Gasteiger partial charge on any atom is -0.354 e. The Kier molecular flexibility index (Phi) is 6.76. The topological polar surface area (TPSA) is 49.4 Å². The van der Waals surface area contributed by atoms with Crippen LogP contribution in [0.5, 0.6) is 0 Å². The first kappa shape index (κ1) is 21.9. The molecule has 162 valence electrons. The highest BCUT2D eigenvalue weighted by Gasteiger charge is 2.30. The van der Waals surface area contributed by atoms with Gasteiger partial charge in [-0.05, 0) is 49.6 Å². The molecule has 0 aromatic heterocycles. The summed E-state index contributed by atoms with van der Waals surface area (Å²) in [5.41, 5.74) is 5.30. The van der Waals surface area contributed by atoms with Gasteiger partial charge in [0.2, 0.25) is 5.91 Å². The highest BCUT2D eigenvalue weighted by molar-refractivity contribution is 8.04. The van der Waals surface area contributed by atoms with Crippen molar-refractivity contribution in [2.24, 2.45) is 0 Å². The van der Waals surface area contributed by atoms with Gasteiger partial charge in [-0.15, -0.1) is 0 Å². The quantitative estimate of drug-likeness (QED) is 0.538. The fraction of sp³-hybridized carbons (Fsp3) is 0.185. The molecule has 2 amide bonds. The summed E-state index contributed by atoms with van der Waals surface area (Å²) < 4.78 is 0. The number of amides is 2. The van der Waals surface area contributed by atoms with Gasteiger partial charge in [0.05, 0.1) is 10.6 Å². The Morgan fingerprint density at radius 1 is 0.969 bits per heavy atom. The van der Waals surface area contributed by atoms with Crippen LogP contribution < -0.4 is 10.2 Å². The molecular weight excluding hydrogens is 416 g/mol. The lowest BCUT2D eigenvalue weighted by Gasteiger charge is -2.29. The Balaban J connectivity index is 1.48. The van der Waals surface area contributed by atoms with Crippen LogP contribution in [0.15, 0.2) is 82.6 Å². The Bertz CT molecular complexity index is 1170. The van der Waals surface area contributed by atoms with Crippen molar-refractivity contribution in [2.75, 3.05) is 18.0 Å². The second-order valence-corrected chi connectivity index (χ2v) is 9.05. The first-order chi connectivity index (χ1) is 15.5. The number of hydrogen-bond acceptors (Lipinski definition) is 3. The number of thioether (sulfide) groups is 1. The largest absolute Gasteiger partial charge is 0.354 e. The molecule has 4 rings (SSSR count). The van der Waals surface area contributed by atoms with Crippen LogP contribution >= 0.6 is 11.8 Å². The van der Waals surface area contributed by atoms with Crippen molar-refractivity contribution in [3.8, 4) is 0 Å². The lowest BCUT2D eigenvalue weighted by molar-refractivity contribution is -0.122. The van der Waals surface area contributed by atoms with E-state index in [0.717, 1.165) is 22.6 Å². The molecule has 0 unspecified atom stereocenters. The number of fused-ring (bicyclic) bond motifs is 1. The van der Waals surface area contributed by atoms with Crippen LogP contribution in [0.1, 0.15) is 22.3 Å².